The second-order valence-corrected chi connectivity index (χ2v) is 7.92. The summed E-state index contributed by atoms with van der Waals surface area (Å²) >= 11 is 0. The van der Waals surface area contributed by atoms with Crippen LogP contribution in [0.2, 0.25) is 0 Å². The lowest BCUT2D eigenvalue weighted by molar-refractivity contribution is -0.153. The minimum atomic E-state index is -3.14. The zero-order valence-electron chi connectivity index (χ0n) is 11.9. The summed E-state index contributed by atoms with van der Waals surface area (Å²) in [6.45, 7) is 1.93. The van der Waals surface area contributed by atoms with Crippen molar-refractivity contribution in [3.8, 4) is 0 Å². The molecule has 2 rings (SSSR count). The van der Waals surface area contributed by atoms with Crippen LogP contribution in [0.3, 0.4) is 0 Å². The second-order valence-electron chi connectivity index (χ2n) is 5.62. The Balaban J connectivity index is 2.14. The largest absolute Gasteiger partial charge is 0.345 e. The van der Waals surface area contributed by atoms with Crippen molar-refractivity contribution >= 4 is 21.7 Å². The quantitative estimate of drug-likeness (QED) is 0.780. The third-order valence-electron chi connectivity index (χ3n) is 4.21. The number of carbonyl (C=O) groups is 2. The van der Waals surface area contributed by atoms with Crippen molar-refractivity contribution in [2.24, 2.45) is 0 Å². The summed E-state index contributed by atoms with van der Waals surface area (Å²) in [4.78, 5) is 25.8. The predicted octanol–water partition coefficient (Wildman–Crippen LogP) is 0.0824. The maximum Gasteiger partial charge on any atom is 0.246 e. The molecule has 20 heavy (non-hydrogen) atoms. The van der Waals surface area contributed by atoms with Crippen molar-refractivity contribution in [1.82, 2.24) is 10.2 Å². The van der Waals surface area contributed by atoms with E-state index in [0.29, 0.717) is 19.3 Å². The van der Waals surface area contributed by atoms with E-state index in [-0.39, 0.29) is 36.4 Å². The summed E-state index contributed by atoms with van der Waals surface area (Å²) in [6, 6.07) is 0. The minimum absolute atomic E-state index is 0.0194. The van der Waals surface area contributed by atoms with Gasteiger partial charge in [0, 0.05) is 12.3 Å². The van der Waals surface area contributed by atoms with Gasteiger partial charge in [-0.05, 0) is 19.3 Å². The average Bonchev–Trinajstić information content (AvgIpc) is 2.84. The number of rotatable bonds is 5. The number of hydrogen-bond acceptors (Lipinski definition) is 4. The van der Waals surface area contributed by atoms with Gasteiger partial charge in [-0.2, -0.15) is 0 Å². The van der Waals surface area contributed by atoms with Crippen molar-refractivity contribution in [2.45, 2.75) is 44.6 Å². The Kier molecular flexibility index (Phi) is 4.36. The first-order valence-electron chi connectivity index (χ1n) is 7.20. The smallest absolute Gasteiger partial charge is 0.246 e. The van der Waals surface area contributed by atoms with Crippen LogP contribution in [0.4, 0.5) is 0 Å². The number of nitrogens with one attached hydrogen (secondary N) is 1. The average molecular weight is 302 g/mol. The van der Waals surface area contributed by atoms with E-state index in [1.807, 2.05) is 6.92 Å². The van der Waals surface area contributed by atoms with Crippen LogP contribution in [-0.2, 0) is 19.4 Å². The van der Waals surface area contributed by atoms with Gasteiger partial charge in [-0.3, -0.25) is 9.59 Å². The molecule has 0 aromatic heterocycles. The highest BCUT2D eigenvalue weighted by molar-refractivity contribution is 7.91. The first kappa shape index (κ1) is 15.3. The van der Waals surface area contributed by atoms with E-state index in [4.69, 9.17) is 0 Å². The highest BCUT2D eigenvalue weighted by atomic mass is 32.2. The van der Waals surface area contributed by atoms with Gasteiger partial charge in [-0.25, -0.2) is 8.42 Å². The summed E-state index contributed by atoms with van der Waals surface area (Å²) in [6.07, 6.45) is 3.65. The monoisotopic (exact) mass is 302 g/mol. The molecule has 7 heteroatoms. The van der Waals surface area contributed by atoms with E-state index in [0.717, 1.165) is 12.8 Å². The molecule has 0 unspecified atom stereocenters. The van der Waals surface area contributed by atoms with Crippen LogP contribution in [0.15, 0.2) is 0 Å². The van der Waals surface area contributed by atoms with Gasteiger partial charge < -0.3 is 10.2 Å². The van der Waals surface area contributed by atoms with Crippen LogP contribution in [-0.4, -0.2) is 55.3 Å². The number of piperazine rings is 1. The van der Waals surface area contributed by atoms with Crippen LogP contribution >= 0.6 is 0 Å². The second kappa shape index (κ2) is 5.71. The SMILES string of the molecule is CCCS(=O)(=O)CCN1C(=O)CNC(=O)C12CCCC2. The molecule has 1 aliphatic heterocycles. The Labute approximate surface area is 119 Å². The maximum absolute atomic E-state index is 12.2. The molecule has 0 radical (unpaired) electrons. The molecular formula is C13H22N2O4S. The van der Waals surface area contributed by atoms with Crippen molar-refractivity contribution in [2.75, 3.05) is 24.6 Å². The van der Waals surface area contributed by atoms with Crippen LogP contribution in [0.25, 0.3) is 0 Å². The summed E-state index contributed by atoms with van der Waals surface area (Å²) in [7, 11) is -3.14. The molecule has 2 fully saturated rings. The Morgan fingerprint density at radius 3 is 2.45 bits per heavy atom. The summed E-state index contributed by atoms with van der Waals surface area (Å²) in [5.41, 5.74) is -0.795. The standard InChI is InChI=1S/C13H22N2O4S/c1-2-8-20(18,19)9-7-15-11(16)10-14-12(17)13(15)5-3-4-6-13/h2-10H2,1H3,(H,14,17). The van der Waals surface area contributed by atoms with Gasteiger partial charge in [-0.1, -0.05) is 19.8 Å². The number of amides is 2. The number of hydrogen-bond donors (Lipinski definition) is 1. The first-order valence-corrected chi connectivity index (χ1v) is 9.03. The molecule has 2 amide bonds. The number of nitrogens with zero attached hydrogens (tertiary/aromatic N) is 1. The molecule has 1 N–H and O–H groups in total. The maximum atomic E-state index is 12.2. The summed E-state index contributed by atoms with van der Waals surface area (Å²) in [5.74, 6) is -0.212. The summed E-state index contributed by atoms with van der Waals surface area (Å²) < 4.78 is 23.7. The Morgan fingerprint density at radius 1 is 1.20 bits per heavy atom. The van der Waals surface area contributed by atoms with Crippen molar-refractivity contribution in [1.29, 1.82) is 0 Å². The van der Waals surface area contributed by atoms with Gasteiger partial charge in [0.1, 0.15) is 5.54 Å². The molecule has 114 valence electrons. The van der Waals surface area contributed by atoms with Crippen molar-refractivity contribution < 1.29 is 18.0 Å². The molecule has 1 aliphatic carbocycles. The molecular weight excluding hydrogens is 280 g/mol. The van der Waals surface area contributed by atoms with Gasteiger partial charge >= 0.3 is 0 Å². The Hall–Kier alpha value is -1.11. The van der Waals surface area contributed by atoms with Gasteiger partial charge in [0.25, 0.3) is 0 Å². The van der Waals surface area contributed by atoms with Crippen LogP contribution in [0.1, 0.15) is 39.0 Å². The fourth-order valence-corrected chi connectivity index (χ4v) is 4.50. The molecule has 1 saturated carbocycles. The topological polar surface area (TPSA) is 83.6 Å². The molecule has 1 spiro atoms. The molecule has 0 atom stereocenters. The van der Waals surface area contributed by atoms with Gasteiger partial charge in [0.05, 0.1) is 12.3 Å². The normalized spacial score (nSPS) is 22.4. The fraction of sp³-hybridized carbons (Fsp3) is 0.846. The first-order chi connectivity index (χ1) is 9.41. The van der Waals surface area contributed by atoms with Crippen LogP contribution in [0.5, 0.6) is 0 Å². The van der Waals surface area contributed by atoms with E-state index in [1.54, 1.807) is 0 Å². The predicted molar refractivity (Wildman–Crippen MR) is 74.9 cm³/mol. The van der Waals surface area contributed by atoms with Crippen LogP contribution in [0, 0.1) is 0 Å². The molecule has 2 aliphatic rings. The lowest BCUT2D eigenvalue weighted by atomic mass is 9.91. The third-order valence-corrected chi connectivity index (χ3v) is 6.05. The zero-order chi connectivity index (χ0) is 14.8. The van der Waals surface area contributed by atoms with E-state index < -0.39 is 15.4 Å². The third kappa shape index (κ3) is 2.82. The van der Waals surface area contributed by atoms with E-state index in [1.165, 1.54) is 4.90 Å². The molecule has 0 aromatic carbocycles. The molecule has 1 saturated heterocycles. The van der Waals surface area contributed by atoms with E-state index >= 15 is 0 Å². The Morgan fingerprint density at radius 2 is 1.85 bits per heavy atom. The zero-order valence-corrected chi connectivity index (χ0v) is 12.7. The molecule has 0 bridgehead atoms. The Bertz CT molecular complexity index is 495. The lowest BCUT2D eigenvalue weighted by Gasteiger charge is -2.43. The molecule has 1 heterocycles. The number of sulfone groups is 1. The highest BCUT2D eigenvalue weighted by Crippen LogP contribution is 2.37. The highest BCUT2D eigenvalue weighted by Gasteiger charge is 2.50. The van der Waals surface area contributed by atoms with Crippen LogP contribution < -0.4 is 5.32 Å². The van der Waals surface area contributed by atoms with Crippen molar-refractivity contribution in [3.05, 3.63) is 0 Å². The molecule has 0 aromatic rings. The van der Waals surface area contributed by atoms with Gasteiger partial charge in [0.2, 0.25) is 11.8 Å². The van der Waals surface area contributed by atoms with Crippen molar-refractivity contribution in [3.63, 3.8) is 0 Å². The molecule has 6 nitrogen and oxygen atoms in total. The van der Waals surface area contributed by atoms with Gasteiger partial charge in [0.15, 0.2) is 9.84 Å². The lowest BCUT2D eigenvalue weighted by Crippen LogP contribution is -2.66. The number of carbonyl (C=O) groups excluding carboxylic acids is 2. The van der Waals surface area contributed by atoms with Gasteiger partial charge in [-0.15, -0.1) is 0 Å². The minimum Gasteiger partial charge on any atom is -0.345 e. The van der Waals surface area contributed by atoms with E-state index in [2.05, 4.69) is 5.32 Å². The fourth-order valence-electron chi connectivity index (χ4n) is 3.22. The summed E-state index contributed by atoms with van der Waals surface area (Å²) in [5, 5.41) is 2.64. The van der Waals surface area contributed by atoms with E-state index in [9.17, 15) is 18.0 Å².